The summed E-state index contributed by atoms with van der Waals surface area (Å²) in [6.45, 7) is 7.84. The second-order valence-electron chi connectivity index (χ2n) is 13.2. The fourth-order valence-corrected chi connectivity index (χ4v) is 7.28. The summed E-state index contributed by atoms with van der Waals surface area (Å²) in [6.07, 6.45) is 30.8. The Bertz CT molecular complexity index is 1020. The zero-order valence-corrected chi connectivity index (χ0v) is 25.8. The molecule has 1 atom stereocenters. The van der Waals surface area contributed by atoms with Gasteiger partial charge in [-0.25, -0.2) is 9.97 Å². The molecule has 0 spiro atoms. The number of hydrogen-bond acceptors (Lipinski definition) is 6. The quantitative estimate of drug-likeness (QED) is 0.287. The van der Waals surface area contributed by atoms with Crippen molar-refractivity contribution in [3.63, 3.8) is 0 Å². The molecule has 42 heavy (non-hydrogen) atoms. The van der Waals surface area contributed by atoms with Gasteiger partial charge in [0.1, 0.15) is 11.6 Å². The number of hydrogen-bond donors (Lipinski definition) is 4. The van der Waals surface area contributed by atoms with Crippen LogP contribution in [0.5, 0.6) is 0 Å². The minimum absolute atomic E-state index is 0.0698. The van der Waals surface area contributed by atoms with Crippen LogP contribution in [0.25, 0.3) is 0 Å². The summed E-state index contributed by atoms with van der Waals surface area (Å²) in [4.78, 5) is 20.9. The first-order chi connectivity index (χ1) is 20.7. The van der Waals surface area contributed by atoms with E-state index < -0.39 is 0 Å². The summed E-state index contributed by atoms with van der Waals surface area (Å²) in [7, 11) is 0. The number of aliphatic hydroxyl groups is 1. The van der Waals surface area contributed by atoms with Gasteiger partial charge in [-0.15, -0.1) is 0 Å². The highest BCUT2D eigenvalue weighted by molar-refractivity contribution is 5.25. The largest absolute Gasteiger partial charge is 0.396 e. The molecule has 0 aromatic carbocycles. The van der Waals surface area contributed by atoms with E-state index in [1.807, 2.05) is 12.4 Å². The third kappa shape index (κ3) is 9.63. The van der Waals surface area contributed by atoms with Crippen LogP contribution in [0.15, 0.2) is 48.6 Å². The Balaban J connectivity index is 1.06. The van der Waals surface area contributed by atoms with Crippen molar-refractivity contribution in [1.82, 2.24) is 35.1 Å². The van der Waals surface area contributed by atoms with Gasteiger partial charge in [-0.2, -0.15) is 0 Å². The Morgan fingerprint density at radius 1 is 0.857 bits per heavy atom. The van der Waals surface area contributed by atoms with Gasteiger partial charge < -0.3 is 25.3 Å². The molecule has 0 bridgehead atoms. The fraction of sp³-hybridized carbons (Fsp3) is 0.706. The van der Waals surface area contributed by atoms with Crippen molar-refractivity contribution in [2.24, 2.45) is 11.3 Å². The average Bonchev–Trinajstić information content (AvgIpc) is 3.72. The first-order valence-corrected chi connectivity index (χ1v) is 16.8. The van der Waals surface area contributed by atoms with Gasteiger partial charge in [0.2, 0.25) is 0 Å². The highest BCUT2D eigenvalue weighted by Crippen LogP contribution is 2.26. The van der Waals surface area contributed by atoms with Crippen molar-refractivity contribution in [1.29, 1.82) is 0 Å². The summed E-state index contributed by atoms with van der Waals surface area (Å²) in [5, 5.41) is 14.2. The van der Waals surface area contributed by atoms with Gasteiger partial charge in [-0.3, -0.25) is 4.90 Å². The number of aromatic nitrogens is 4. The van der Waals surface area contributed by atoms with Gasteiger partial charge in [0.15, 0.2) is 0 Å². The number of aliphatic hydroxyl groups excluding tert-OH is 1. The topological polar surface area (TPSA) is 96.1 Å². The highest BCUT2D eigenvalue weighted by Gasteiger charge is 2.32. The molecule has 2 aromatic heterocycles. The van der Waals surface area contributed by atoms with Gasteiger partial charge >= 0.3 is 0 Å². The first-order valence-electron chi connectivity index (χ1n) is 16.8. The Labute approximate surface area is 253 Å². The molecule has 0 radical (unpaired) electrons. The van der Waals surface area contributed by atoms with Crippen molar-refractivity contribution >= 4 is 0 Å². The Hall–Kier alpha value is -2.26. The van der Waals surface area contributed by atoms with Gasteiger partial charge in [0.25, 0.3) is 0 Å². The molecule has 3 heterocycles. The van der Waals surface area contributed by atoms with E-state index in [0.29, 0.717) is 25.3 Å². The number of H-pyrrole nitrogens is 2. The van der Waals surface area contributed by atoms with Crippen LogP contribution in [0, 0.1) is 11.3 Å². The Morgan fingerprint density at radius 2 is 1.50 bits per heavy atom. The van der Waals surface area contributed by atoms with Crippen LogP contribution < -0.4 is 5.32 Å². The summed E-state index contributed by atoms with van der Waals surface area (Å²) in [5.74, 6) is 2.27. The molecule has 1 saturated carbocycles. The first kappa shape index (κ1) is 31.2. The number of allylic oxidation sites excluding steroid dienone is 1. The van der Waals surface area contributed by atoms with Gasteiger partial charge in [-0.05, 0) is 82.6 Å². The minimum Gasteiger partial charge on any atom is -0.396 e. The molecule has 3 aliphatic rings. The molecule has 2 aliphatic carbocycles. The molecule has 2 fully saturated rings. The maximum Gasteiger partial charge on any atom is 0.106 e. The smallest absolute Gasteiger partial charge is 0.106 e. The maximum absolute atomic E-state index is 10.5. The summed E-state index contributed by atoms with van der Waals surface area (Å²) < 4.78 is 0. The van der Waals surface area contributed by atoms with Gasteiger partial charge in [0, 0.05) is 68.7 Å². The van der Waals surface area contributed by atoms with Crippen LogP contribution in [-0.2, 0) is 12.8 Å². The van der Waals surface area contributed by atoms with Gasteiger partial charge in [-0.1, -0.05) is 43.9 Å². The van der Waals surface area contributed by atoms with E-state index >= 15 is 0 Å². The molecule has 0 amide bonds. The van der Waals surface area contributed by atoms with E-state index in [0.717, 1.165) is 37.2 Å². The Kier molecular flexibility index (Phi) is 12.3. The lowest BCUT2D eigenvalue weighted by Crippen LogP contribution is -2.43. The molecule has 1 unspecified atom stereocenters. The summed E-state index contributed by atoms with van der Waals surface area (Å²) in [5.41, 5.74) is 1.11. The van der Waals surface area contributed by atoms with E-state index in [9.17, 15) is 5.11 Å². The molecule has 4 N–H and O–H groups in total. The predicted molar refractivity (Wildman–Crippen MR) is 170 cm³/mol. The maximum atomic E-state index is 10.5. The summed E-state index contributed by atoms with van der Waals surface area (Å²) in [6, 6.07) is 0.864. The van der Waals surface area contributed by atoms with Crippen LogP contribution in [-0.4, -0.2) is 93.3 Å². The normalized spacial score (nSPS) is 22.6. The number of imidazole rings is 2. The van der Waals surface area contributed by atoms with E-state index in [1.54, 1.807) is 12.4 Å². The van der Waals surface area contributed by atoms with Crippen LogP contribution in [0.1, 0.15) is 82.3 Å². The van der Waals surface area contributed by atoms with Crippen LogP contribution in [0.4, 0.5) is 0 Å². The van der Waals surface area contributed by atoms with Crippen LogP contribution >= 0.6 is 0 Å². The molecule has 8 nitrogen and oxygen atoms in total. The average molecular weight is 578 g/mol. The number of nitrogens with one attached hydrogen (secondary N) is 3. The van der Waals surface area contributed by atoms with Crippen molar-refractivity contribution < 1.29 is 5.11 Å². The van der Waals surface area contributed by atoms with Crippen LogP contribution in [0.3, 0.4) is 0 Å². The van der Waals surface area contributed by atoms with E-state index in [1.165, 1.54) is 96.0 Å². The molecule has 1 saturated heterocycles. The molecule has 1 aliphatic heterocycles. The highest BCUT2D eigenvalue weighted by atomic mass is 16.3. The van der Waals surface area contributed by atoms with Gasteiger partial charge in [0.05, 0.1) is 6.61 Å². The zero-order chi connectivity index (χ0) is 28.9. The minimum atomic E-state index is -0.371. The lowest BCUT2D eigenvalue weighted by atomic mass is 9.81. The second-order valence-corrected chi connectivity index (χ2v) is 13.2. The third-order valence-electron chi connectivity index (χ3n) is 9.79. The molecule has 5 rings (SSSR count). The van der Waals surface area contributed by atoms with Crippen molar-refractivity contribution in [2.45, 2.75) is 89.5 Å². The third-order valence-corrected chi connectivity index (χ3v) is 9.79. The standard InChI is InChI=1S/C34H55N7O/c42-28-34(23-32-36-15-16-37-32,24-33-38-17-18-39-33)27-35-25-29-11-13-30(14-12-29)26-40-19-5-2-6-21-41(22-8-7-20-40)31-9-3-1-4-10-31/h11,13-18,29,31,35,42H,1-10,12,19-28H2,(H,36,37)(H,38,39). The Morgan fingerprint density at radius 3 is 2.12 bits per heavy atom. The lowest BCUT2D eigenvalue weighted by Gasteiger charge is -2.34. The van der Waals surface area contributed by atoms with Crippen molar-refractivity contribution in [3.8, 4) is 0 Å². The fourth-order valence-electron chi connectivity index (χ4n) is 7.28. The molecule has 232 valence electrons. The molecule has 2 aromatic rings. The molecular weight excluding hydrogens is 522 g/mol. The predicted octanol–water partition coefficient (Wildman–Crippen LogP) is 4.89. The second kappa shape index (κ2) is 16.6. The van der Waals surface area contributed by atoms with E-state index in [4.69, 9.17) is 0 Å². The van der Waals surface area contributed by atoms with Crippen LogP contribution in [0.2, 0.25) is 0 Å². The van der Waals surface area contributed by atoms with Crippen molar-refractivity contribution in [2.75, 3.05) is 52.4 Å². The van der Waals surface area contributed by atoms with E-state index in [-0.39, 0.29) is 12.0 Å². The monoisotopic (exact) mass is 577 g/mol. The number of rotatable bonds is 12. The summed E-state index contributed by atoms with van der Waals surface area (Å²) >= 11 is 0. The van der Waals surface area contributed by atoms with E-state index in [2.05, 4.69) is 53.3 Å². The zero-order valence-electron chi connectivity index (χ0n) is 25.8. The number of nitrogens with zero attached hydrogens (tertiary/aromatic N) is 4. The molecule has 8 heteroatoms. The SMILES string of the molecule is OCC(CNCC1C=CC(CN2CCCCCN(C3CCCCC3)CCCC2)=CC1)(Cc1ncc[nH]1)Cc1ncc[nH]1. The molecular formula is C34H55N7O. The van der Waals surface area contributed by atoms with Crippen molar-refractivity contribution in [3.05, 3.63) is 60.2 Å². The lowest BCUT2D eigenvalue weighted by molar-refractivity contribution is 0.117. The number of aromatic amines is 2.